The molecule has 0 aliphatic rings. The van der Waals surface area contributed by atoms with Gasteiger partial charge < -0.3 is 0 Å². The maximum Gasteiger partial charge on any atom is 0.220 e. The Bertz CT molecular complexity index is 101. The largest absolute Gasteiger partial charge is 0.220 e. The van der Waals surface area contributed by atoms with E-state index in [1.807, 2.05) is 0 Å². The Kier molecular flexibility index (Phi) is 2.82. The zero-order valence-electron chi connectivity index (χ0n) is 2.65. The lowest BCUT2D eigenvalue weighted by molar-refractivity contribution is 1.55. The molecule has 0 fully saturated rings. The van der Waals surface area contributed by atoms with Gasteiger partial charge in [-0.2, -0.15) is 9.77 Å². The number of nitriles is 1. The standard InChI is InChI=1S/C2Cl2N2/c3-2(1-5)6-4/b6-2-. The number of rotatable bonds is 0. The lowest BCUT2D eigenvalue weighted by Gasteiger charge is -1.63. The Morgan fingerprint density at radius 3 is 2.33 bits per heavy atom. The normalized spacial score (nSPS) is 10.5. The highest BCUT2D eigenvalue weighted by Gasteiger charge is 1.80. The maximum atomic E-state index is 7.74. The van der Waals surface area contributed by atoms with Crippen LogP contribution < -0.4 is 0 Å². The smallest absolute Gasteiger partial charge is 0.190 e. The second kappa shape index (κ2) is 2.95. The van der Waals surface area contributed by atoms with Gasteiger partial charge in [-0.25, -0.2) is 0 Å². The summed E-state index contributed by atoms with van der Waals surface area (Å²) < 4.78 is 2.80. The highest BCUT2D eigenvalue weighted by Crippen LogP contribution is 1.84. The van der Waals surface area contributed by atoms with Crippen LogP contribution in [0.15, 0.2) is 4.51 Å². The van der Waals surface area contributed by atoms with Gasteiger partial charge in [0.25, 0.3) is 0 Å². The SMILES string of the molecule is N#C/C(Cl)=N/Cl. The quantitative estimate of drug-likeness (QED) is 0.447. The summed E-state index contributed by atoms with van der Waals surface area (Å²) in [5.74, 6) is 0. The first kappa shape index (κ1) is 5.74. The molecule has 0 aromatic carbocycles. The van der Waals surface area contributed by atoms with E-state index >= 15 is 0 Å². The molecule has 0 bridgehead atoms. The third-order valence-electron chi connectivity index (χ3n) is 0.166. The van der Waals surface area contributed by atoms with E-state index in [0.29, 0.717) is 0 Å². The third kappa shape index (κ3) is 2.01. The minimum absolute atomic E-state index is 0.239. The topological polar surface area (TPSA) is 36.1 Å². The summed E-state index contributed by atoms with van der Waals surface area (Å²) in [7, 11) is 0. The molecule has 0 radical (unpaired) electrons. The number of hydrogen-bond donors (Lipinski definition) is 0. The van der Waals surface area contributed by atoms with Crippen molar-refractivity contribution in [1.82, 2.24) is 0 Å². The summed E-state index contributed by atoms with van der Waals surface area (Å²) >= 11 is 9.59. The fourth-order valence-electron chi connectivity index (χ4n) is 0.0189. The van der Waals surface area contributed by atoms with Gasteiger partial charge in [-0.05, 0) is 11.6 Å². The van der Waals surface area contributed by atoms with Crippen molar-refractivity contribution < 1.29 is 0 Å². The Morgan fingerprint density at radius 2 is 2.33 bits per heavy atom. The van der Waals surface area contributed by atoms with Gasteiger partial charge in [0.05, 0.1) is 0 Å². The molecule has 4 heteroatoms. The Morgan fingerprint density at radius 1 is 1.83 bits per heavy atom. The average Bonchev–Trinajstić information content (AvgIpc) is 1.65. The van der Waals surface area contributed by atoms with Crippen LogP contribution in [0.3, 0.4) is 0 Å². The molecule has 32 valence electrons. The van der Waals surface area contributed by atoms with Crippen LogP contribution in [0.1, 0.15) is 0 Å². The van der Waals surface area contributed by atoms with Gasteiger partial charge in [-0.15, -0.1) is 0 Å². The Labute approximate surface area is 45.1 Å². The summed E-state index contributed by atoms with van der Waals surface area (Å²) in [6, 6.07) is 1.50. The van der Waals surface area contributed by atoms with Crippen molar-refractivity contribution in [3.63, 3.8) is 0 Å². The first-order valence-corrected chi connectivity index (χ1v) is 1.77. The molecule has 0 atom stereocenters. The van der Waals surface area contributed by atoms with E-state index in [-0.39, 0.29) is 5.17 Å². The predicted molar refractivity (Wildman–Crippen MR) is 24.8 cm³/mol. The van der Waals surface area contributed by atoms with E-state index in [9.17, 15) is 0 Å². The molecule has 0 saturated heterocycles. The van der Waals surface area contributed by atoms with E-state index in [2.05, 4.69) is 16.3 Å². The summed E-state index contributed by atoms with van der Waals surface area (Å²) in [6.07, 6.45) is 0. The lowest BCUT2D eigenvalue weighted by atomic mass is 10.9. The minimum atomic E-state index is -0.239. The summed E-state index contributed by atoms with van der Waals surface area (Å²) in [4.78, 5) is 0. The van der Waals surface area contributed by atoms with Crippen LogP contribution in [0.25, 0.3) is 0 Å². The monoisotopic (exact) mass is 122 g/mol. The van der Waals surface area contributed by atoms with E-state index in [1.165, 1.54) is 6.07 Å². The molecule has 2 nitrogen and oxygen atoms in total. The van der Waals surface area contributed by atoms with Crippen molar-refractivity contribution in [3.05, 3.63) is 0 Å². The van der Waals surface area contributed by atoms with Crippen LogP contribution in [0.2, 0.25) is 0 Å². The summed E-state index contributed by atoms with van der Waals surface area (Å²) in [6.45, 7) is 0. The molecular formula is C2Cl2N2. The molecule has 0 aliphatic heterocycles. The molecule has 0 aliphatic carbocycles. The van der Waals surface area contributed by atoms with Crippen molar-refractivity contribution in [1.29, 1.82) is 5.26 Å². The van der Waals surface area contributed by atoms with Crippen molar-refractivity contribution >= 4 is 28.5 Å². The van der Waals surface area contributed by atoms with E-state index in [4.69, 9.17) is 16.9 Å². The Hall–Kier alpha value is -0.260. The third-order valence-corrected chi connectivity index (χ3v) is 0.591. The molecule has 0 saturated carbocycles. The van der Waals surface area contributed by atoms with Gasteiger partial charge in [0.1, 0.15) is 6.07 Å². The van der Waals surface area contributed by atoms with Gasteiger partial charge in [0.15, 0.2) is 0 Å². The first-order valence-electron chi connectivity index (χ1n) is 1.06. The zero-order valence-corrected chi connectivity index (χ0v) is 4.16. The van der Waals surface area contributed by atoms with Gasteiger partial charge in [0, 0.05) is 11.8 Å². The van der Waals surface area contributed by atoms with Crippen molar-refractivity contribution in [2.75, 3.05) is 0 Å². The molecule has 6 heavy (non-hydrogen) atoms. The van der Waals surface area contributed by atoms with E-state index in [1.54, 1.807) is 0 Å². The summed E-state index contributed by atoms with van der Waals surface area (Å²) in [5.41, 5.74) is 0. The molecule has 0 heterocycles. The second-order valence-electron chi connectivity index (χ2n) is 0.487. The number of hydrogen-bond acceptors (Lipinski definition) is 2. The van der Waals surface area contributed by atoms with E-state index < -0.39 is 0 Å². The average molecular weight is 123 g/mol. The van der Waals surface area contributed by atoms with Gasteiger partial charge in [0.2, 0.25) is 5.17 Å². The number of halogens is 2. The fraction of sp³-hybridized carbons (Fsp3) is 0. The highest BCUT2D eigenvalue weighted by molar-refractivity contribution is 6.71. The van der Waals surface area contributed by atoms with Crippen LogP contribution in [0.4, 0.5) is 0 Å². The van der Waals surface area contributed by atoms with E-state index in [0.717, 1.165) is 0 Å². The minimum Gasteiger partial charge on any atom is -0.190 e. The van der Waals surface area contributed by atoms with Crippen molar-refractivity contribution in [2.45, 2.75) is 0 Å². The van der Waals surface area contributed by atoms with Crippen LogP contribution in [0, 0.1) is 11.3 Å². The van der Waals surface area contributed by atoms with Crippen LogP contribution in [-0.4, -0.2) is 5.17 Å². The molecule has 0 aromatic heterocycles. The van der Waals surface area contributed by atoms with Crippen LogP contribution in [0.5, 0.6) is 0 Å². The molecule has 0 amide bonds. The van der Waals surface area contributed by atoms with Crippen LogP contribution in [-0.2, 0) is 0 Å². The molecule has 0 rings (SSSR count). The van der Waals surface area contributed by atoms with Gasteiger partial charge in [-0.1, -0.05) is 0 Å². The predicted octanol–water partition coefficient (Wildman–Crippen LogP) is 1.30. The zero-order chi connectivity index (χ0) is 4.99. The molecule has 0 unspecified atom stereocenters. The second-order valence-corrected chi connectivity index (χ2v) is 1.01. The summed E-state index contributed by atoms with van der Waals surface area (Å²) in [5, 5.41) is 7.50. The number of nitrogens with zero attached hydrogens (tertiary/aromatic N) is 2. The van der Waals surface area contributed by atoms with Gasteiger partial charge >= 0.3 is 0 Å². The van der Waals surface area contributed by atoms with Crippen molar-refractivity contribution in [2.24, 2.45) is 4.51 Å². The maximum absolute atomic E-state index is 7.74. The molecule has 0 aromatic rings. The lowest BCUT2D eigenvalue weighted by Crippen LogP contribution is -1.70. The van der Waals surface area contributed by atoms with Crippen LogP contribution >= 0.6 is 23.4 Å². The molecule has 0 N–H and O–H groups in total. The first-order chi connectivity index (χ1) is 2.81. The Balaban J connectivity index is 3.61. The molecule has 0 spiro atoms. The van der Waals surface area contributed by atoms with Gasteiger partial charge in [-0.3, -0.25) is 0 Å². The fourth-order valence-corrected chi connectivity index (χ4v) is 0.0567. The highest BCUT2D eigenvalue weighted by atomic mass is 35.5. The molecular weight excluding hydrogens is 123 g/mol. The van der Waals surface area contributed by atoms with Crippen molar-refractivity contribution in [3.8, 4) is 6.07 Å².